The first-order valence-corrected chi connectivity index (χ1v) is 24.4. The van der Waals surface area contributed by atoms with Crippen molar-refractivity contribution < 1.29 is 49.9 Å². The largest absolute Gasteiger partial charge is 0.748 e. The molecule has 2 unspecified atom stereocenters. The van der Waals surface area contributed by atoms with Crippen molar-refractivity contribution in [2.75, 3.05) is 36.0 Å². The lowest BCUT2D eigenvalue weighted by molar-refractivity contribution is -0.197. The summed E-state index contributed by atoms with van der Waals surface area (Å²) >= 11 is 0. The molecule has 4 aliphatic rings. The third-order valence-electron chi connectivity index (χ3n) is 12.1. The first-order valence-electron chi connectivity index (χ1n) is 21.2. The Hall–Kier alpha value is -3.97. The molecule has 4 heterocycles. The molecular weight excluding hydrogens is 827 g/mol. The molecule has 16 nitrogen and oxygen atoms in total. The minimum absolute atomic E-state index is 0.0108. The number of amides is 2. The first kappa shape index (κ1) is 48.1. The van der Waals surface area contributed by atoms with E-state index in [-0.39, 0.29) is 49.3 Å². The molecule has 1 saturated heterocycles. The van der Waals surface area contributed by atoms with Crippen LogP contribution in [0, 0.1) is 0 Å². The molecule has 1 fully saturated rings. The van der Waals surface area contributed by atoms with Crippen LogP contribution in [0.2, 0.25) is 0 Å². The van der Waals surface area contributed by atoms with Gasteiger partial charge in [-0.05, 0) is 98.4 Å². The number of rotatable bonds is 14. The maximum absolute atomic E-state index is 12.6. The summed E-state index contributed by atoms with van der Waals surface area (Å²) in [6.45, 7) is 23.2. The minimum Gasteiger partial charge on any atom is -0.748 e. The normalized spacial score (nSPS) is 20.3. The standard InChI is InChI=1S/C35H44N4O11S2.C8H19N/c1-21-18-34(2,3)38(12-7-13-51(43,44)45)27-16-29-25(14-23(21)27)36-26-15-24-22(20-52(46,47)48)19-35(4,5)37(28(24)17-30(26)49-29)11-6-8-33(42)50-39-31(40)9-10-32(39)41;1-6-9(7(2)3)8(4)5/h14-17,21-22H,6-13,18-20H2,1-5H3,(H-,43,44,45,46,47,48);7-8H,6H2,1-5H3. The predicted octanol–water partition coefficient (Wildman–Crippen LogP) is 4.93. The Bertz CT molecular complexity index is 2360. The van der Waals surface area contributed by atoms with Crippen LogP contribution in [0.15, 0.2) is 29.3 Å². The van der Waals surface area contributed by atoms with Crippen molar-refractivity contribution in [1.29, 1.82) is 0 Å². The second-order valence-corrected chi connectivity index (χ2v) is 21.5. The number of ether oxygens (including phenoxy) is 1. The van der Waals surface area contributed by atoms with E-state index >= 15 is 0 Å². The van der Waals surface area contributed by atoms with Crippen LogP contribution in [-0.4, -0.2) is 108 Å². The van der Waals surface area contributed by atoms with E-state index in [1.54, 1.807) is 12.1 Å². The summed E-state index contributed by atoms with van der Waals surface area (Å²) in [5, 5.41) is 1.61. The zero-order valence-electron chi connectivity index (χ0n) is 37.2. The third-order valence-corrected chi connectivity index (χ3v) is 13.7. The molecule has 18 heteroatoms. The number of nitrogens with zero attached hydrogens (tertiary/aromatic N) is 5. The van der Waals surface area contributed by atoms with Gasteiger partial charge in [0.2, 0.25) is 5.36 Å². The summed E-state index contributed by atoms with van der Waals surface area (Å²) in [5.74, 6) is -2.44. The van der Waals surface area contributed by atoms with Crippen molar-refractivity contribution in [2.24, 2.45) is 4.99 Å². The number of anilines is 1. The fourth-order valence-electron chi connectivity index (χ4n) is 9.53. The third kappa shape index (κ3) is 11.5. The van der Waals surface area contributed by atoms with Gasteiger partial charge in [-0.25, -0.2) is 22.8 Å². The molecule has 61 heavy (non-hydrogen) atoms. The lowest BCUT2D eigenvalue weighted by Crippen LogP contribution is -2.54. The minimum atomic E-state index is -4.60. The van der Waals surface area contributed by atoms with Gasteiger partial charge in [-0.1, -0.05) is 13.8 Å². The molecule has 0 spiro atoms. The zero-order valence-corrected chi connectivity index (χ0v) is 38.8. The molecule has 2 amide bonds. The molecular formula is C43H63N5O11S2. The topological polar surface area (TPSA) is 206 Å². The number of hydrogen-bond acceptors (Lipinski definition) is 13. The van der Waals surface area contributed by atoms with E-state index in [1.807, 2.05) is 30.6 Å². The molecule has 2 aromatic rings. The van der Waals surface area contributed by atoms with Crippen molar-refractivity contribution in [3.63, 3.8) is 0 Å². The van der Waals surface area contributed by atoms with Gasteiger partial charge >= 0.3 is 5.97 Å². The molecule has 1 N–H and O–H groups in total. The lowest BCUT2D eigenvalue weighted by atomic mass is 9.79. The number of carbonyl (C=O) groups excluding carboxylic acids is 3. The van der Waals surface area contributed by atoms with Crippen LogP contribution in [0.5, 0.6) is 11.5 Å². The molecule has 338 valence electrons. The van der Waals surface area contributed by atoms with Crippen LogP contribution in [0.25, 0.3) is 0 Å². The van der Waals surface area contributed by atoms with E-state index < -0.39 is 55.2 Å². The first-order chi connectivity index (χ1) is 28.2. The van der Waals surface area contributed by atoms with E-state index in [4.69, 9.17) is 14.6 Å². The quantitative estimate of drug-likeness (QED) is 0.130. The molecule has 2 aromatic carbocycles. The van der Waals surface area contributed by atoms with Gasteiger partial charge in [-0.2, -0.15) is 8.42 Å². The average Bonchev–Trinajstić information content (AvgIpc) is 3.43. The van der Waals surface area contributed by atoms with Gasteiger partial charge in [-0.15, -0.1) is 5.06 Å². The lowest BCUT2D eigenvalue weighted by Gasteiger charge is -2.48. The van der Waals surface area contributed by atoms with Gasteiger partial charge in [0.05, 0.1) is 28.4 Å². The number of carbonyl (C=O) groups is 3. The second-order valence-electron chi connectivity index (χ2n) is 18.4. The maximum Gasteiger partial charge on any atom is 0.333 e. The highest BCUT2D eigenvalue weighted by atomic mass is 32.2. The van der Waals surface area contributed by atoms with E-state index in [1.165, 1.54) is 0 Å². The molecule has 0 aromatic heterocycles. The summed E-state index contributed by atoms with van der Waals surface area (Å²) in [6.07, 6.45) is 1.51. The number of benzene rings is 2. The summed E-state index contributed by atoms with van der Waals surface area (Å²) in [7, 11) is -8.72. The smallest absolute Gasteiger partial charge is 0.333 e. The predicted molar refractivity (Wildman–Crippen MR) is 230 cm³/mol. The number of fused-ring (bicyclic) bond motifs is 4. The Morgan fingerprint density at radius 2 is 1.62 bits per heavy atom. The van der Waals surface area contributed by atoms with Gasteiger partial charge in [0.1, 0.15) is 17.6 Å². The van der Waals surface area contributed by atoms with Crippen LogP contribution >= 0.6 is 0 Å². The Balaban J connectivity index is 0.000000703. The SMILES string of the molecule is CC1CC(C)(C)N(CCCS(=O)(=O)O)c2cc3c(cc21)N=c1cc2c(cc1O3)=[N+](CCCC(=O)ON1C(=O)CCC1=O)C(C)(C)CC2CS(=O)(=O)[O-].CCN(C(C)C)C(C)C. The van der Waals surface area contributed by atoms with Crippen molar-refractivity contribution in [2.45, 2.75) is 149 Å². The maximum atomic E-state index is 12.6. The van der Waals surface area contributed by atoms with Crippen LogP contribution in [0.3, 0.4) is 0 Å². The Labute approximate surface area is 360 Å². The zero-order chi connectivity index (χ0) is 45.4. The molecule has 0 radical (unpaired) electrons. The van der Waals surface area contributed by atoms with Gasteiger partial charge in [0.25, 0.3) is 21.9 Å². The fourth-order valence-corrected chi connectivity index (χ4v) is 10.8. The Morgan fingerprint density at radius 1 is 0.984 bits per heavy atom. The van der Waals surface area contributed by atoms with E-state index in [0.717, 1.165) is 24.2 Å². The summed E-state index contributed by atoms with van der Waals surface area (Å²) < 4.78 is 77.1. The fraction of sp³-hybridized carbons (Fsp3) is 0.651. The molecule has 0 saturated carbocycles. The highest BCUT2D eigenvalue weighted by Gasteiger charge is 2.42. The van der Waals surface area contributed by atoms with Gasteiger partial charge in [0, 0.05) is 78.8 Å². The summed E-state index contributed by atoms with van der Waals surface area (Å²) in [5.41, 5.74) is 2.10. The van der Waals surface area contributed by atoms with Crippen molar-refractivity contribution in [3.8, 4) is 11.5 Å². The number of hydroxylamine groups is 2. The summed E-state index contributed by atoms with van der Waals surface area (Å²) in [4.78, 5) is 50.9. The molecule has 4 aliphatic heterocycles. The molecule has 0 aliphatic carbocycles. The number of hydrogen-bond donors (Lipinski definition) is 1. The van der Waals surface area contributed by atoms with E-state index in [2.05, 4.69) is 65.2 Å². The van der Waals surface area contributed by atoms with Crippen molar-refractivity contribution in [1.82, 2.24) is 14.5 Å². The molecule has 2 atom stereocenters. The highest BCUT2D eigenvalue weighted by Crippen LogP contribution is 2.49. The van der Waals surface area contributed by atoms with Gasteiger partial charge < -0.3 is 19.0 Å². The molecule has 0 bridgehead atoms. The average molecular weight is 890 g/mol. The van der Waals surface area contributed by atoms with Crippen LogP contribution in [0.4, 0.5) is 11.4 Å². The Kier molecular flexibility index (Phi) is 14.5. The van der Waals surface area contributed by atoms with Crippen LogP contribution in [-0.2, 0) is 39.5 Å². The summed E-state index contributed by atoms with van der Waals surface area (Å²) in [6, 6.07) is 8.78. The van der Waals surface area contributed by atoms with E-state index in [0.29, 0.717) is 70.1 Å². The van der Waals surface area contributed by atoms with Crippen LogP contribution < -0.4 is 24.9 Å². The van der Waals surface area contributed by atoms with Crippen molar-refractivity contribution in [3.05, 3.63) is 46.1 Å². The Morgan fingerprint density at radius 3 is 2.18 bits per heavy atom. The van der Waals surface area contributed by atoms with Crippen molar-refractivity contribution >= 4 is 49.4 Å². The van der Waals surface area contributed by atoms with Crippen LogP contribution in [0.1, 0.15) is 137 Å². The monoisotopic (exact) mass is 889 g/mol. The number of imide groups is 1. The van der Waals surface area contributed by atoms with E-state index in [9.17, 15) is 40.3 Å². The van der Waals surface area contributed by atoms with Gasteiger partial charge in [-0.3, -0.25) is 19.0 Å². The second kappa shape index (κ2) is 18.4. The molecule has 6 rings (SSSR count). The van der Waals surface area contributed by atoms with Gasteiger partial charge in [0.15, 0.2) is 17.0 Å². The highest BCUT2D eigenvalue weighted by molar-refractivity contribution is 7.86.